The second-order valence-corrected chi connectivity index (χ2v) is 9.59. The van der Waals surface area contributed by atoms with Gasteiger partial charge in [0.25, 0.3) is 5.91 Å². The monoisotopic (exact) mass is 484 g/mol. The van der Waals surface area contributed by atoms with Crippen LogP contribution in [0.1, 0.15) is 66.1 Å². The van der Waals surface area contributed by atoms with E-state index in [-0.39, 0.29) is 17.9 Å². The van der Waals surface area contributed by atoms with Crippen molar-refractivity contribution in [1.82, 2.24) is 10.2 Å². The summed E-state index contributed by atoms with van der Waals surface area (Å²) in [5, 5.41) is 3.01. The highest BCUT2D eigenvalue weighted by Crippen LogP contribution is 2.37. The maximum atomic E-state index is 12.9. The Morgan fingerprint density at radius 2 is 1.78 bits per heavy atom. The molecule has 0 aromatic heterocycles. The summed E-state index contributed by atoms with van der Waals surface area (Å²) in [6.07, 6.45) is 1.23. The number of carbonyl (C=O) groups is 2. The molecular weight excluding hydrogens is 448 g/mol. The molecule has 1 N–H and O–H groups in total. The number of nitrogens with zero attached hydrogens (tertiary/aromatic N) is 1. The van der Waals surface area contributed by atoms with Gasteiger partial charge in [-0.1, -0.05) is 79.6 Å². The molecule has 4 rings (SSSR count). The van der Waals surface area contributed by atoms with Crippen LogP contribution in [0.25, 0.3) is 0 Å². The lowest BCUT2D eigenvalue weighted by Gasteiger charge is -2.38. The van der Waals surface area contributed by atoms with Gasteiger partial charge in [-0.3, -0.25) is 9.59 Å². The molecule has 2 amide bonds. The number of nitrogens with one attached hydrogen (secondary N) is 1. The Morgan fingerprint density at radius 1 is 1.00 bits per heavy atom. The van der Waals surface area contributed by atoms with Gasteiger partial charge in [-0.2, -0.15) is 0 Å². The maximum Gasteiger partial charge on any atom is 0.261 e. The first-order valence-corrected chi connectivity index (χ1v) is 12.9. The van der Waals surface area contributed by atoms with Crippen molar-refractivity contribution in [2.24, 2.45) is 0 Å². The molecule has 3 aromatic carbocycles. The molecule has 1 aliphatic heterocycles. The van der Waals surface area contributed by atoms with E-state index in [2.05, 4.69) is 48.6 Å². The Hall–Kier alpha value is -3.60. The number of rotatable bonds is 8. The van der Waals surface area contributed by atoms with Crippen LogP contribution in [0.5, 0.6) is 5.75 Å². The summed E-state index contributed by atoms with van der Waals surface area (Å²) in [5.74, 6) is 0.656. The van der Waals surface area contributed by atoms with Crippen molar-refractivity contribution in [2.75, 3.05) is 6.54 Å². The molecule has 3 aromatic rings. The minimum atomic E-state index is -0.595. The average molecular weight is 485 g/mol. The van der Waals surface area contributed by atoms with Gasteiger partial charge in [0, 0.05) is 19.5 Å². The van der Waals surface area contributed by atoms with Crippen molar-refractivity contribution >= 4 is 11.8 Å². The maximum absolute atomic E-state index is 12.9. The SMILES string of the molecule is CCC(=O)N1CCc2ccc(O[C@@H](CC)C(=O)NCc3cccc(C)c3)cc2[C@@H]1c1ccc(C)cc1. The molecule has 5 heteroatoms. The zero-order valence-corrected chi connectivity index (χ0v) is 21.7. The van der Waals surface area contributed by atoms with Gasteiger partial charge >= 0.3 is 0 Å². The molecule has 2 atom stereocenters. The molecule has 0 aliphatic carbocycles. The lowest BCUT2D eigenvalue weighted by atomic mass is 9.87. The van der Waals surface area contributed by atoms with Crippen molar-refractivity contribution in [3.05, 3.63) is 100 Å². The topological polar surface area (TPSA) is 58.6 Å². The lowest BCUT2D eigenvalue weighted by molar-refractivity contribution is -0.133. The van der Waals surface area contributed by atoms with Crippen LogP contribution in [0.2, 0.25) is 0 Å². The van der Waals surface area contributed by atoms with Crippen LogP contribution in [0.4, 0.5) is 0 Å². The van der Waals surface area contributed by atoms with E-state index < -0.39 is 6.10 Å². The van der Waals surface area contributed by atoms with Gasteiger partial charge < -0.3 is 15.0 Å². The van der Waals surface area contributed by atoms with Crippen LogP contribution >= 0.6 is 0 Å². The highest BCUT2D eigenvalue weighted by atomic mass is 16.5. The van der Waals surface area contributed by atoms with Crippen molar-refractivity contribution in [3.63, 3.8) is 0 Å². The van der Waals surface area contributed by atoms with Gasteiger partial charge in [0.15, 0.2) is 6.10 Å². The molecule has 1 aliphatic rings. The summed E-state index contributed by atoms with van der Waals surface area (Å²) in [7, 11) is 0. The molecular formula is C31H36N2O3. The number of carbonyl (C=O) groups excluding carboxylic acids is 2. The van der Waals surface area contributed by atoms with Crippen molar-refractivity contribution in [1.29, 1.82) is 0 Å². The second-order valence-electron chi connectivity index (χ2n) is 9.59. The molecule has 0 spiro atoms. The Labute approximate surface area is 214 Å². The standard InChI is InChI=1S/C31H36N2O3/c1-5-28(31(35)32-20-23-9-7-8-22(4)18-23)36-26-15-14-24-16-17-33(29(34)6-2)30(27(24)19-26)25-12-10-21(3)11-13-25/h7-15,18-19,28,30H,5-6,16-17,20H2,1-4H3,(H,32,35)/t28-,30-/m0/s1. The quantitative estimate of drug-likeness (QED) is 0.449. The minimum absolute atomic E-state index is 0.130. The minimum Gasteiger partial charge on any atom is -0.481 e. The van der Waals surface area contributed by atoms with Crippen LogP contribution < -0.4 is 10.1 Å². The van der Waals surface area contributed by atoms with E-state index in [0.29, 0.717) is 31.7 Å². The summed E-state index contributed by atoms with van der Waals surface area (Å²) in [4.78, 5) is 27.8. The molecule has 0 radical (unpaired) electrons. The van der Waals surface area contributed by atoms with E-state index in [0.717, 1.165) is 28.7 Å². The normalized spacial score (nSPS) is 15.7. The van der Waals surface area contributed by atoms with E-state index in [9.17, 15) is 9.59 Å². The average Bonchev–Trinajstić information content (AvgIpc) is 2.89. The van der Waals surface area contributed by atoms with Crippen LogP contribution in [0, 0.1) is 13.8 Å². The number of ether oxygens (including phenoxy) is 1. The van der Waals surface area contributed by atoms with E-state index in [1.54, 1.807) is 0 Å². The van der Waals surface area contributed by atoms with E-state index in [1.807, 2.05) is 56.0 Å². The first kappa shape index (κ1) is 25.5. The number of fused-ring (bicyclic) bond motifs is 1. The first-order valence-electron chi connectivity index (χ1n) is 12.9. The molecule has 0 saturated carbocycles. The summed E-state index contributed by atoms with van der Waals surface area (Å²) < 4.78 is 6.21. The third-order valence-electron chi connectivity index (χ3n) is 6.85. The van der Waals surface area contributed by atoms with Gasteiger partial charge in [0.2, 0.25) is 5.91 Å². The number of benzene rings is 3. The third-order valence-corrected chi connectivity index (χ3v) is 6.85. The van der Waals surface area contributed by atoms with Gasteiger partial charge in [0.1, 0.15) is 5.75 Å². The summed E-state index contributed by atoms with van der Waals surface area (Å²) in [5.41, 5.74) is 6.78. The molecule has 188 valence electrons. The third kappa shape index (κ3) is 5.78. The smallest absolute Gasteiger partial charge is 0.261 e. The van der Waals surface area contributed by atoms with Crippen LogP contribution in [-0.2, 0) is 22.6 Å². The van der Waals surface area contributed by atoms with Crippen molar-refractivity contribution < 1.29 is 14.3 Å². The van der Waals surface area contributed by atoms with Crippen LogP contribution in [0.15, 0.2) is 66.7 Å². The molecule has 36 heavy (non-hydrogen) atoms. The highest BCUT2D eigenvalue weighted by Gasteiger charge is 2.32. The van der Waals surface area contributed by atoms with E-state index >= 15 is 0 Å². The summed E-state index contributed by atoms with van der Waals surface area (Å²) in [6.45, 7) is 9.12. The zero-order chi connectivity index (χ0) is 25.7. The fourth-order valence-corrected chi connectivity index (χ4v) is 4.86. The predicted octanol–water partition coefficient (Wildman–Crippen LogP) is 5.66. The molecule has 1 heterocycles. The Kier molecular flexibility index (Phi) is 8.09. The fraction of sp³-hybridized carbons (Fsp3) is 0.355. The summed E-state index contributed by atoms with van der Waals surface area (Å²) >= 11 is 0. The molecule has 0 unspecified atom stereocenters. The molecule has 0 fully saturated rings. The predicted molar refractivity (Wildman–Crippen MR) is 143 cm³/mol. The van der Waals surface area contributed by atoms with Gasteiger partial charge in [-0.25, -0.2) is 0 Å². The lowest BCUT2D eigenvalue weighted by Crippen LogP contribution is -2.40. The number of amides is 2. The van der Waals surface area contributed by atoms with Gasteiger partial charge in [-0.15, -0.1) is 0 Å². The first-order chi connectivity index (χ1) is 17.4. The largest absolute Gasteiger partial charge is 0.481 e. The van der Waals surface area contributed by atoms with Crippen LogP contribution in [0.3, 0.4) is 0 Å². The highest BCUT2D eigenvalue weighted by molar-refractivity contribution is 5.81. The Morgan fingerprint density at radius 3 is 2.47 bits per heavy atom. The zero-order valence-electron chi connectivity index (χ0n) is 21.7. The Balaban J connectivity index is 1.56. The van der Waals surface area contributed by atoms with Crippen molar-refractivity contribution in [3.8, 4) is 5.75 Å². The van der Waals surface area contributed by atoms with Gasteiger partial charge in [0.05, 0.1) is 6.04 Å². The number of aryl methyl sites for hydroxylation is 2. The molecule has 0 saturated heterocycles. The summed E-state index contributed by atoms with van der Waals surface area (Å²) in [6, 6.07) is 22.4. The van der Waals surface area contributed by atoms with E-state index in [4.69, 9.17) is 4.74 Å². The van der Waals surface area contributed by atoms with E-state index in [1.165, 1.54) is 11.1 Å². The van der Waals surface area contributed by atoms with Crippen molar-refractivity contribution in [2.45, 2.75) is 65.6 Å². The number of hydrogen-bond acceptors (Lipinski definition) is 3. The second kappa shape index (κ2) is 11.4. The van der Waals surface area contributed by atoms with Gasteiger partial charge in [-0.05, 0) is 61.1 Å². The molecule has 0 bridgehead atoms. The fourth-order valence-electron chi connectivity index (χ4n) is 4.86. The molecule has 5 nitrogen and oxygen atoms in total. The van der Waals surface area contributed by atoms with Crippen LogP contribution in [-0.4, -0.2) is 29.4 Å². The Bertz CT molecular complexity index is 1220. The number of hydrogen-bond donors (Lipinski definition) is 1.